The Balaban J connectivity index is 2.09. The minimum atomic E-state index is -4.54. The number of alkyl halides is 3. The summed E-state index contributed by atoms with van der Waals surface area (Å²) in [7, 11) is 0. The molecule has 0 bridgehead atoms. The summed E-state index contributed by atoms with van der Waals surface area (Å²) in [5, 5.41) is 0.439. The molecule has 0 atom stereocenters. The molecule has 0 aliphatic rings. The van der Waals surface area contributed by atoms with Crippen LogP contribution >= 0.6 is 11.6 Å². The standard InChI is InChI=1S/C19H13ClF3N3O3/c20-13-3-1-11(2-4-13)15-8-14(9-25-18(15)29-10-19(21,22)23)26-6-5-12(17(24)28)7-16(26)27/h1-9H,10H2,(H2,24,28). The second-order valence-corrected chi connectivity index (χ2v) is 6.38. The SMILES string of the molecule is NC(=O)c1ccn(-c2cnc(OCC(F)(F)F)c(-c3ccc(Cl)cc3)c2)c(=O)c1. The van der Waals surface area contributed by atoms with E-state index in [-0.39, 0.29) is 22.7 Å². The van der Waals surface area contributed by atoms with E-state index in [2.05, 4.69) is 4.98 Å². The molecule has 3 aromatic rings. The maximum Gasteiger partial charge on any atom is 0.422 e. The summed E-state index contributed by atoms with van der Waals surface area (Å²) in [4.78, 5) is 27.5. The molecule has 10 heteroatoms. The van der Waals surface area contributed by atoms with Crippen molar-refractivity contribution < 1.29 is 22.7 Å². The molecule has 0 aliphatic heterocycles. The molecule has 1 aromatic carbocycles. The average Bonchev–Trinajstić information content (AvgIpc) is 2.66. The van der Waals surface area contributed by atoms with Crippen molar-refractivity contribution in [2.24, 2.45) is 5.73 Å². The van der Waals surface area contributed by atoms with Crippen LogP contribution in [0, 0.1) is 0 Å². The van der Waals surface area contributed by atoms with Crippen LogP contribution in [-0.4, -0.2) is 28.2 Å². The highest BCUT2D eigenvalue weighted by Crippen LogP contribution is 2.31. The predicted molar refractivity (Wildman–Crippen MR) is 100 cm³/mol. The summed E-state index contributed by atoms with van der Waals surface area (Å²) >= 11 is 5.87. The van der Waals surface area contributed by atoms with Gasteiger partial charge >= 0.3 is 6.18 Å². The zero-order valence-corrected chi connectivity index (χ0v) is 15.4. The number of amides is 1. The maximum atomic E-state index is 12.6. The van der Waals surface area contributed by atoms with Crippen LogP contribution in [0.4, 0.5) is 13.2 Å². The van der Waals surface area contributed by atoms with E-state index in [1.165, 1.54) is 29.1 Å². The first kappa shape index (κ1) is 20.4. The van der Waals surface area contributed by atoms with Crippen LogP contribution in [0.15, 0.2) is 59.7 Å². The monoisotopic (exact) mass is 423 g/mol. The number of primary amides is 1. The van der Waals surface area contributed by atoms with E-state index in [4.69, 9.17) is 22.1 Å². The van der Waals surface area contributed by atoms with Crippen LogP contribution in [0.3, 0.4) is 0 Å². The third-order valence-electron chi connectivity index (χ3n) is 3.85. The molecule has 0 aliphatic carbocycles. The Hall–Kier alpha value is -3.33. The number of hydrogen-bond acceptors (Lipinski definition) is 4. The molecule has 150 valence electrons. The minimum Gasteiger partial charge on any atom is -0.468 e. The van der Waals surface area contributed by atoms with Gasteiger partial charge < -0.3 is 10.5 Å². The van der Waals surface area contributed by atoms with Crippen molar-refractivity contribution >= 4 is 17.5 Å². The highest BCUT2D eigenvalue weighted by molar-refractivity contribution is 6.30. The van der Waals surface area contributed by atoms with Gasteiger partial charge in [-0.15, -0.1) is 0 Å². The van der Waals surface area contributed by atoms with Crippen molar-refractivity contribution in [3.05, 3.63) is 75.8 Å². The van der Waals surface area contributed by atoms with Crippen molar-refractivity contribution in [3.63, 3.8) is 0 Å². The van der Waals surface area contributed by atoms with E-state index < -0.39 is 24.2 Å². The van der Waals surface area contributed by atoms with Crippen LogP contribution in [0.1, 0.15) is 10.4 Å². The van der Waals surface area contributed by atoms with Gasteiger partial charge in [-0.1, -0.05) is 23.7 Å². The van der Waals surface area contributed by atoms with Gasteiger partial charge in [0, 0.05) is 28.4 Å². The van der Waals surface area contributed by atoms with Crippen LogP contribution in [0.2, 0.25) is 5.02 Å². The lowest BCUT2D eigenvalue weighted by atomic mass is 10.1. The van der Waals surface area contributed by atoms with Crippen molar-refractivity contribution in [1.82, 2.24) is 9.55 Å². The summed E-state index contributed by atoms with van der Waals surface area (Å²) < 4.78 is 43.7. The second kappa shape index (κ2) is 7.96. The Kier molecular flexibility index (Phi) is 5.60. The van der Waals surface area contributed by atoms with E-state index in [1.54, 1.807) is 24.3 Å². The summed E-state index contributed by atoms with van der Waals surface area (Å²) in [6.07, 6.45) is -2.03. The number of nitrogens with two attached hydrogens (primary N) is 1. The number of hydrogen-bond donors (Lipinski definition) is 1. The van der Waals surface area contributed by atoms with Gasteiger partial charge in [0.1, 0.15) is 0 Å². The largest absolute Gasteiger partial charge is 0.468 e. The normalized spacial score (nSPS) is 11.3. The zero-order valence-electron chi connectivity index (χ0n) is 14.6. The van der Waals surface area contributed by atoms with Crippen molar-refractivity contribution in [2.75, 3.05) is 6.61 Å². The molecule has 0 radical (unpaired) electrons. The molecule has 1 amide bonds. The smallest absolute Gasteiger partial charge is 0.422 e. The molecule has 3 rings (SSSR count). The van der Waals surface area contributed by atoms with Gasteiger partial charge in [-0.25, -0.2) is 4.98 Å². The van der Waals surface area contributed by atoms with E-state index in [0.717, 1.165) is 6.07 Å². The molecular formula is C19H13ClF3N3O3. The molecule has 0 saturated heterocycles. The third-order valence-corrected chi connectivity index (χ3v) is 4.10. The average molecular weight is 424 g/mol. The molecule has 2 N–H and O–H groups in total. The topological polar surface area (TPSA) is 87.2 Å². The molecule has 0 spiro atoms. The van der Waals surface area contributed by atoms with Gasteiger partial charge in [-0.3, -0.25) is 14.2 Å². The summed E-state index contributed by atoms with van der Waals surface area (Å²) in [6, 6.07) is 10.1. The first-order chi connectivity index (χ1) is 13.6. The van der Waals surface area contributed by atoms with E-state index in [9.17, 15) is 22.8 Å². The Bertz CT molecular complexity index is 1110. The lowest BCUT2D eigenvalue weighted by Crippen LogP contribution is -2.22. The molecule has 0 unspecified atom stereocenters. The van der Waals surface area contributed by atoms with Gasteiger partial charge in [0.2, 0.25) is 11.8 Å². The summed E-state index contributed by atoms with van der Waals surface area (Å²) in [6.45, 7) is -1.52. The lowest BCUT2D eigenvalue weighted by molar-refractivity contribution is -0.154. The number of ether oxygens (including phenoxy) is 1. The number of nitrogens with zero attached hydrogens (tertiary/aromatic N) is 2. The van der Waals surface area contributed by atoms with Crippen LogP contribution in [-0.2, 0) is 0 Å². The maximum absolute atomic E-state index is 12.6. The molecule has 0 saturated carbocycles. The molecule has 6 nitrogen and oxygen atoms in total. The second-order valence-electron chi connectivity index (χ2n) is 5.94. The Morgan fingerprint density at radius 2 is 1.86 bits per heavy atom. The fourth-order valence-electron chi connectivity index (χ4n) is 2.52. The number of pyridine rings is 2. The van der Waals surface area contributed by atoms with Crippen LogP contribution in [0.25, 0.3) is 16.8 Å². The third kappa shape index (κ3) is 4.94. The summed E-state index contributed by atoms with van der Waals surface area (Å²) in [5.74, 6) is -1.01. The van der Waals surface area contributed by atoms with E-state index >= 15 is 0 Å². The minimum absolute atomic E-state index is 0.0299. The summed E-state index contributed by atoms with van der Waals surface area (Å²) in [5.41, 5.74) is 5.60. The van der Waals surface area contributed by atoms with Crippen molar-refractivity contribution in [2.45, 2.75) is 6.18 Å². The van der Waals surface area contributed by atoms with Gasteiger partial charge in [0.15, 0.2) is 6.61 Å². The molecular weight excluding hydrogens is 411 g/mol. The first-order valence-electron chi connectivity index (χ1n) is 8.12. The molecule has 0 fully saturated rings. The van der Waals surface area contributed by atoms with Gasteiger partial charge in [0.25, 0.3) is 5.56 Å². The van der Waals surface area contributed by atoms with E-state index in [0.29, 0.717) is 10.6 Å². The van der Waals surface area contributed by atoms with E-state index in [1.807, 2.05) is 0 Å². The van der Waals surface area contributed by atoms with Crippen molar-refractivity contribution in [1.29, 1.82) is 0 Å². The Labute approximate surface area is 167 Å². The number of halogens is 4. The molecule has 2 heterocycles. The predicted octanol–water partition coefficient (Wildman–Crippen LogP) is 3.59. The molecule has 29 heavy (non-hydrogen) atoms. The number of carbonyl (C=O) groups is 1. The Morgan fingerprint density at radius 3 is 2.45 bits per heavy atom. The molecule has 2 aromatic heterocycles. The lowest BCUT2D eigenvalue weighted by Gasteiger charge is -2.14. The van der Waals surface area contributed by atoms with Gasteiger partial charge in [-0.05, 0) is 29.8 Å². The highest BCUT2D eigenvalue weighted by atomic mass is 35.5. The quantitative estimate of drug-likeness (QED) is 0.679. The van der Waals surface area contributed by atoms with Gasteiger partial charge in [-0.2, -0.15) is 13.2 Å². The number of benzene rings is 1. The van der Waals surface area contributed by atoms with Crippen molar-refractivity contribution in [3.8, 4) is 22.7 Å². The number of rotatable bonds is 5. The Morgan fingerprint density at radius 1 is 1.17 bits per heavy atom. The van der Waals surface area contributed by atoms with Gasteiger partial charge in [0.05, 0.1) is 11.9 Å². The number of carbonyl (C=O) groups excluding carboxylic acids is 1. The highest BCUT2D eigenvalue weighted by Gasteiger charge is 2.29. The van der Waals surface area contributed by atoms with Crippen LogP contribution < -0.4 is 16.0 Å². The number of aromatic nitrogens is 2. The first-order valence-corrected chi connectivity index (χ1v) is 8.50. The van der Waals surface area contributed by atoms with Crippen LogP contribution in [0.5, 0.6) is 5.88 Å². The fraction of sp³-hybridized carbons (Fsp3) is 0.105. The fourth-order valence-corrected chi connectivity index (χ4v) is 2.65. The zero-order chi connectivity index (χ0) is 21.2.